The molecule has 3 aromatic carbocycles. The maximum Gasteiger partial charge on any atom is 0.408 e. The smallest absolute Gasteiger partial charge is 0.408 e. The molecule has 0 saturated carbocycles. The van der Waals surface area contributed by atoms with Crippen LogP contribution >= 0.6 is 7.37 Å². The molecule has 0 fully saturated rings. The monoisotopic (exact) mass is 509 g/mol. The third kappa shape index (κ3) is 8.67. The number of amides is 1. The Kier molecular flexibility index (Phi) is 10.3. The lowest BCUT2D eigenvalue weighted by Gasteiger charge is -2.27. The van der Waals surface area contributed by atoms with E-state index in [0.29, 0.717) is 0 Å². The standard InChI is InChI=1S/C28H32NO6P/c1-2-34-27(30)25(18-22-12-6-3-7-13-22)21-36(32,33)26(19-23-14-8-4-9-15-23)29-28(31)35-20-24-16-10-5-11-17-24/h3-17,25-26H,2,18-21H2,1H3,(H,29,31)(H,32,33)/t25-,26+/m1/s1. The van der Waals surface area contributed by atoms with Gasteiger partial charge in [-0.05, 0) is 30.0 Å². The summed E-state index contributed by atoms with van der Waals surface area (Å²) in [5.74, 6) is -2.53. The number of ether oxygens (including phenoxy) is 2. The number of alkyl carbamates (subject to hydrolysis) is 1. The summed E-state index contributed by atoms with van der Waals surface area (Å²) in [5, 5.41) is 2.59. The zero-order chi connectivity index (χ0) is 25.8. The topological polar surface area (TPSA) is 102 Å². The van der Waals surface area contributed by atoms with Crippen LogP contribution in [0.15, 0.2) is 91.0 Å². The highest BCUT2D eigenvalue weighted by atomic mass is 31.2. The van der Waals surface area contributed by atoms with E-state index in [0.717, 1.165) is 16.7 Å². The number of esters is 1. The summed E-state index contributed by atoms with van der Waals surface area (Å²) >= 11 is 0. The van der Waals surface area contributed by atoms with Crippen molar-refractivity contribution in [2.45, 2.75) is 32.2 Å². The molecular weight excluding hydrogens is 477 g/mol. The maximum atomic E-state index is 13.7. The van der Waals surface area contributed by atoms with Crippen LogP contribution in [0.3, 0.4) is 0 Å². The molecule has 0 spiro atoms. The highest BCUT2D eigenvalue weighted by Crippen LogP contribution is 2.48. The Morgan fingerprint density at radius 1 is 0.806 bits per heavy atom. The summed E-state index contributed by atoms with van der Waals surface area (Å²) in [6.45, 7) is 1.88. The van der Waals surface area contributed by atoms with Gasteiger partial charge in [-0.3, -0.25) is 9.36 Å². The lowest BCUT2D eigenvalue weighted by molar-refractivity contribution is -0.147. The molecule has 0 aliphatic carbocycles. The fourth-order valence-corrected chi connectivity index (χ4v) is 5.82. The summed E-state index contributed by atoms with van der Waals surface area (Å²) in [4.78, 5) is 36.6. The summed E-state index contributed by atoms with van der Waals surface area (Å²) in [6, 6.07) is 27.5. The van der Waals surface area contributed by atoms with Gasteiger partial charge >= 0.3 is 12.1 Å². The van der Waals surface area contributed by atoms with E-state index < -0.39 is 31.1 Å². The molecule has 2 N–H and O–H groups in total. The molecule has 0 heterocycles. The van der Waals surface area contributed by atoms with E-state index in [4.69, 9.17) is 9.47 Å². The predicted octanol–water partition coefficient (Wildman–Crippen LogP) is 5.17. The van der Waals surface area contributed by atoms with Crippen LogP contribution in [0.1, 0.15) is 23.6 Å². The molecule has 3 aromatic rings. The van der Waals surface area contributed by atoms with Gasteiger partial charge < -0.3 is 19.7 Å². The van der Waals surface area contributed by atoms with Crippen molar-refractivity contribution < 1.29 is 28.5 Å². The first-order valence-corrected chi connectivity index (χ1v) is 13.8. The van der Waals surface area contributed by atoms with Crippen molar-refractivity contribution in [1.29, 1.82) is 0 Å². The molecule has 36 heavy (non-hydrogen) atoms. The zero-order valence-electron chi connectivity index (χ0n) is 20.3. The van der Waals surface area contributed by atoms with E-state index in [2.05, 4.69) is 5.32 Å². The van der Waals surface area contributed by atoms with Gasteiger partial charge in [0.2, 0.25) is 7.37 Å². The van der Waals surface area contributed by atoms with Crippen LogP contribution in [-0.2, 0) is 38.3 Å². The van der Waals surface area contributed by atoms with Gasteiger partial charge in [0.25, 0.3) is 0 Å². The van der Waals surface area contributed by atoms with Gasteiger partial charge in [0.05, 0.1) is 12.5 Å². The minimum atomic E-state index is -4.10. The number of hydrogen-bond acceptors (Lipinski definition) is 5. The van der Waals surface area contributed by atoms with Gasteiger partial charge in [0.15, 0.2) is 0 Å². The number of carbonyl (C=O) groups excluding carboxylic acids is 2. The van der Waals surface area contributed by atoms with Crippen molar-refractivity contribution in [3.63, 3.8) is 0 Å². The Bertz CT molecular complexity index is 1140. The quantitative estimate of drug-likeness (QED) is 0.258. The van der Waals surface area contributed by atoms with Gasteiger partial charge in [-0.1, -0.05) is 91.0 Å². The van der Waals surface area contributed by atoms with E-state index in [9.17, 15) is 19.0 Å². The van der Waals surface area contributed by atoms with Crippen LogP contribution in [0.5, 0.6) is 0 Å². The molecule has 0 radical (unpaired) electrons. The van der Waals surface area contributed by atoms with E-state index in [1.54, 1.807) is 6.92 Å². The van der Waals surface area contributed by atoms with Gasteiger partial charge in [0.1, 0.15) is 12.4 Å². The Hall–Kier alpha value is -3.41. The molecule has 8 heteroatoms. The fraction of sp³-hybridized carbons (Fsp3) is 0.286. The van der Waals surface area contributed by atoms with E-state index in [1.165, 1.54) is 0 Å². The van der Waals surface area contributed by atoms with Crippen molar-refractivity contribution in [3.05, 3.63) is 108 Å². The van der Waals surface area contributed by atoms with Crippen molar-refractivity contribution >= 4 is 19.4 Å². The highest BCUT2D eigenvalue weighted by Gasteiger charge is 2.38. The molecule has 1 unspecified atom stereocenters. The third-order valence-electron chi connectivity index (χ3n) is 5.68. The number of benzene rings is 3. The molecule has 1 amide bonds. The Balaban J connectivity index is 1.78. The average Bonchev–Trinajstić information content (AvgIpc) is 2.88. The van der Waals surface area contributed by atoms with Crippen molar-refractivity contribution in [2.24, 2.45) is 5.92 Å². The van der Waals surface area contributed by atoms with Gasteiger partial charge in [-0.25, -0.2) is 4.79 Å². The molecule has 0 saturated heterocycles. The molecular formula is C28H32NO6P. The fourth-order valence-electron chi connectivity index (χ4n) is 3.86. The zero-order valence-corrected chi connectivity index (χ0v) is 21.2. The maximum absolute atomic E-state index is 13.7. The SMILES string of the molecule is CCOC(=O)[C@H](Cc1ccccc1)CP(=O)(O)[C@@H](Cc1ccccc1)NC(=O)OCc1ccccc1. The lowest BCUT2D eigenvalue weighted by Crippen LogP contribution is -2.38. The second-order valence-electron chi connectivity index (χ2n) is 8.49. The Labute approximate surface area is 211 Å². The summed E-state index contributed by atoms with van der Waals surface area (Å²) < 4.78 is 24.2. The molecule has 0 aliphatic heterocycles. The summed E-state index contributed by atoms with van der Waals surface area (Å²) in [5.41, 5.74) is 2.42. The first-order chi connectivity index (χ1) is 17.4. The average molecular weight is 510 g/mol. The largest absolute Gasteiger partial charge is 0.466 e. The normalized spacial score (nSPS) is 14.2. The molecule has 0 aromatic heterocycles. The molecule has 3 rings (SSSR count). The number of rotatable bonds is 12. The van der Waals surface area contributed by atoms with Crippen LogP contribution in [0.4, 0.5) is 4.79 Å². The number of nitrogens with one attached hydrogen (secondary N) is 1. The Morgan fingerprint density at radius 2 is 1.31 bits per heavy atom. The highest BCUT2D eigenvalue weighted by molar-refractivity contribution is 7.58. The third-order valence-corrected chi connectivity index (χ3v) is 7.93. The molecule has 0 aliphatic rings. The number of carbonyl (C=O) groups is 2. The van der Waals surface area contributed by atoms with E-state index in [-0.39, 0.29) is 32.2 Å². The van der Waals surface area contributed by atoms with Crippen LogP contribution in [0, 0.1) is 5.92 Å². The van der Waals surface area contributed by atoms with Gasteiger partial charge in [-0.15, -0.1) is 0 Å². The van der Waals surface area contributed by atoms with Gasteiger partial charge in [-0.2, -0.15) is 0 Å². The summed E-state index contributed by atoms with van der Waals surface area (Å²) in [7, 11) is -4.10. The van der Waals surface area contributed by atoms with E-state index >= 15 is 0 Å². The second-order valence-corrected chi connectivity index (χ2v) is 11.0. The molecule has 3 atom stereocenters. The van der Waals surface area contributed by atoms with Crippen LogP contribution in [-0.4, -0.2) is 35.5 Å². The molecule has 7 nitrogen and oxygen atoms in total. The van der Waals surface area contributed by atoms with E-state index in [1.807, 2.05) is 91.0 Å². The second kappa shape index (κ2) is 13.6. The minimum Gasteiger partial charge on any atom is -0.466 e. The van der Waals surface area contributed by atoms with Crippen molar-refractivity contribution in [1.82, 2.24) is 5.32 Å². The Morgan fingerprint density at radius 3 is 1.83 bits per heavy atom. The van der Waals surface area contributed by atoms with Crippen molar-refractivity contribution in [3.8, 4) is 0 Å². The number of hydrogen-bond donors (Lipinski definition) is 2. The molecule has 190 valence electrons. The first-order valence-electron chi connectivity index (χ1n) is 11.9. The first kappa shape index (κ1) is 27.2. The van der Waals surface area contributed by atoms with Crippen LogP contribution < -0.4 is 5.32 Å². The lowest BCUT2D eigenvalue weighted by atomic mass is 10.0. The summed E-state index contributed by atoms with van der Waals surface area (Å²) in [6.07, 6.45) is -0.779. The van der Waals surface area contributed by atoms with Crippen molar-refractivity contribution in [2.75, 3.05) is 12.8 Å². The molecule has 0 bridgehead atoms. The van der Waals surface area contributed by atoms with Gasteiger partial charge in [0, 0.05) is 12.6 Å². The van der Waals surface area contributed by atoms with Crippen LogP contribution in [0.2, 0.25) is 0 Å². The predicted molar refractivity (Wildman–Crippen MR) is 139 cm³/mol. The minimum absolute atomic E-state index is 0.0277. The van der Waals surface area contributed by atoms with Crippen LogP contribution in [0.25, 0.3) is 0 Å².